The average molecular weight is 813 g/mol. The Balaban J connectivity index is 1.01. The number of hydrogen-bond acceptors (Lipinski definition) is 2. The molecule has 302 valence electrons. The number of hydrogen-bond donors (Lipinski definition) is 0. The van der Waals surface area contributed by atoms with Gasteiger partial charge in [-0.05, 0) is 88.2 Å². The lowest BCUT2D eigenvalue weighted by atomic mass is 9.95. The minimum atomic E-state index is 0.487. The molecular formula is C58H44N4O. The lowest BCUT2D eigenvalue weighted by molar-refractivity contribution is -0.571. The molecule has 0 N–H and O–H groups in total. The van der Waals surface area contributed by atoms with E-state index < -0.39 is 0 Å². The second kappa shape index (κ2) is 16.1. The van der Waals surface area contributed by atoms with E-state index >= 15 is 0 Å². The zero-order chi connectivity index (χ0) is 42.3. The highest BCUT2D eigenvalue weighted by atomic mass is 16.5. The molecule has 5 nitrogen and oxygen atoms in total. The number of aromatic nitrogens is 4. The van der Waals surface area contributed by atoms with Gasteiger partial charge in [0.25, 0.3) is 6.33 Å². The number of imidazole rings is 1. The molecule has 5 heteroatoms. The van der Waals surface area contributed by atoms with E-state index in [0.717, 1.165) is 84.8 Å². The summed E-state index contributed by atoms with van der Waals surface area (Å²) in [6, 6.07) is 72.4. The lowest BCUT2D eigenvalue weighted by Gasteiger charge is -2.17. The molecule has 63 heavy (non-hydrogen) atoms. The number of pyridine rings is 1. The van der Waals surface area contributed by atoms with Gasteiger partial charge in [-0.25, -0.2) is 4.98 Å². The third-order valence-electron chi connectivity index (χ3n) is 11.9. The molecule has 11 rings (SSSR count). The molecule has 11 aromatic rings. The predicted molar refractivity (Wildman–Crippen MR) is 257 cm³/mol. The van der Waals surface area contributed by atoms with Crippen molar-refractivity contribution in [1.82, 2.24) is 14.1 Å². The number of para-hydroxylation sites is 4. The molecule has 0 bridgehead atoms. The highest BCUT2D eigenvalue weighted by Crippen LogP contribution is 2.38. The Bertz CT molecular complexity index is 3360. The standard InChI is InChI=1S/C58H44N4O/c1-40(2)34-44-35-57(59-38-52(44)43-22-10-5-11-23-43)62-53-29-13-12-26-50(53)51-33-32-47(37-56(51)62)63-46-25-16-24-45(36-46)60-39-61(55-31-15-14-30-54(55)60)58-48(41-18-6-3-7-19-41)27-17-28-49(58)42-20-8-4-9-21-42/h3-33,35-38,40H,34H2,1-2H3. The number of rotatable bonds is 10. The number of ether oxygens (including phenoxy) is 1. The van der Waals surface area contributed by atoms with E-state index in [0.29, 0.717) is 5.92 Å². The Morgan fingerprint density at radius 3 is 1.81 bits per heavy atom. The summed E-state index contributed by atoms with van der Waals surface area (Å²) in [7, 11) is 0. The maximum absolute atomic E-state index is 6.78. The largest absolute Gasteiger partial charge is 0.458 e. The minimum absolute atomic E-state index is 0.487. The van der Waals surface area contributed by atoms with Crippen molar-refractivity contribution in [1.29, 1.82) is 0 Å². The SMILES string of the molecule is CC(C)Cc1cc(-n2c3ccccc3c3ccc(Oc4cccc(-n5[c-][n+](-c6c(-c7ccccc7)cccc6-c6ccccc6)c6ccccc65)c4)cc32)ncc1-c1ccccc1. The molecule has 0 unspecified atom stereocenters. The molecule has 0 spiro atoms. The van der Waals surface area contributed by atoms with Gasteiger partial charge >= 0.3 is 0 Å². The van der Waals surface area contributed by atoms with Gasteiger partial charge in [-0.15, -0.1) is 0 Å². The van der Waals surface area contributed by atoms with Gasteiger partial charge in [0.05, 0.1) is 33.4 Å². The molecule has 3 aromatic heterocycles. The predicted octanol–water partition coefficient (Wildman–Crippen LogP) is 14.2. The van der Waals surface area contributed by atoms with Gasteiger partial charge in [0, 0.05) is 28.6 Å². The van der Waals surface area contributed by atoms with Gasteiger partial charge in [0.15, 0.2) is 0 Å². The fraction of sp³-hybridized carbons (Fsp3) is 0.0690. The van der Waals surface area contributed by atoms with Crippen LogP contribution in [0, 0.1) is 12.2 Å². The maximum Gasteiger partial charge on any atom is 0.269 e. The van der Waals surface area contributed by atoms with E-state index in [9.17, 15) is 0 Å². The summed E-state index contributed by atoms with van der Waals surface area (Å²) >= 11 is 0. The summed E-state index contributed by atoms with van der Waals surface area (Å²) in [6.45, 7) is 4.55. The fourth-order valence-electron chi connectivity index (χ4n) is 9.08. The van der Waals surface area contributed by atoms with Crippen LogP contribution in [0.4, 0.5) is 0 Å². The highest BCUT2D eigenvalue weighted by Gasteiger charge is 2.21. The monoisotopic (exact) mass is 812 g/mol. The molecule has 0 saturated heterocycles. The van der Waals surface area contributed by atoms with Gasteiger partial charge in [0.2, 0.25) is 0 Å². The van der Waals surface area contributed by atoms with Crippen molar-refractivity contribution < 1.29 is 9.30 Å². The molecule has 3 heterocycles. The van der Waals surface area contributed by atoms with Crippen LogP contribution in [-0.2, 0) is 6.42 Å². The Morgan fingerprint density at radius 2 is 1.11 bits per heavy atom. The smallest absolute Gasteiger partial charge is 0.269 e. The van der Waals surface area contributed by atoms with Crippen LogP contribution in [-0.4, -0.2) is 14.1 Å². The summed E-state index contributed by atoms with van der Waals surface area (Å²) in [4.78, 5) is 5.13. The normalized spacial score (nSPS) is 11.5. The number of benzene rings is 8. The van der Waals surface area contributed by atoms with Gasteiger partial charge in [-0.1, -0.05) is 172 Å². The van der Waals surface area contributed by atoms with Crippen molar-refractivity contribution in [3.8, 4) is 62.1 Å². The van der Waals surface area contributed by atoms with Crippen LogP contribution in [0.25, 0.3) is 83.4 Å². The van der Waals surface area contributed by atoms with Crippen molar-refractivity contribution in [2.24, 2.45) is 5.92 Å². The first-order valence-electron chi connectivity index (χ1n) is 21.6. The van der Waals surface area contributed by atoms with Gasteiger partial charge < -0.3 is 4.74 Å². The van der Waals surface area contributed by atoms with E-state index in [-0.39, 0.29) is 0 Å². The van der Waals surface area contributed by atoms with Crippen LogP contribution < -0.4 is 9.30 Å². The quantitative estimate of drug-likeness (QED) is 0.102. The van der Waals surface area contributed by atoms with Gasteiger partial charge in [-0.2, -0.15) is 0 Å². The highest BCUT2D eigenvalue weighted by molar-refractivity contribution is 6.09. The Labute approximate surface area is 367 Å². The zero-order valence-corrected chi connectivity index (χ0v) is 35.2. The van der Waals surface area contributed by atoms with Gasteiger partial charge in [0.1, 0.15) is 17.3 Å². The first-order chi connectivity index (χ1) is 31.1. The van der Waals surface area contributed by atoms with Crippen molar-refractivity contribution in [2.45, 2.75) is 20.3 Å². The minimum Gasteiger partial charge on any atom is -0.458 e. The molecule has 0 aliphatic heterocycles. The van der Waals surface area contributed by atoms with Crippen molar-refractivity contribution in [3.63, 3.8) is 0 Å². The van der Waals surface area contributed by atoms with Gasteiger partial charge in [-0.3, -0.25) is 13.7 Å². The molecule has 0 radical (unpaired) electrons. The van der Waals surface area contributed by atoms with Crippen molar-refractivity contribution in [2.75, 3.05) is 0 Å². The van der Waals surface area contributed by atoms with Crippen LogP contribution in [0.15, 0.2) is 212 Å². The van der Waals surface area contributed by atoms with Crippen LogP contribution in [0.1, 0.15) is 19.4 Å². The molecule has 8 aromatic carbocycles. The third kappa shape index (κ3) is 7.04. The summed E-state index contributed by atoms with van der Waals surface area (Å²) < 4.78 is 13.4. The van der Waals surface area contributed by atoms with E-state index in [1.54, 1.807) is 0 Å². The Morgan fingerprint density at radius 1 is 0.524 bits per heavy atom. The first-order valence-corrected chi connectivity index (χ1v) is 21.6. The molecule has 0 amide bonds. The van der Waals surface area contributed by atoms with E-state index in [2.05, 4.69) is 234 Å². The first kappa shape index (κ1) is 37.9. The zero-order valence-electron chi connectivity index (χ0n) is 35.2. The van der Waals surface area contributed by atoms with Crippen molar-refractivity contribution >= 4 is 32.8 Å². The Hall–Kier alpha value is -8.02. The van der Waals surface area contributed by atoms with E-state index in [1.165, 1.54) is 22.1 Å². The Kier molecular flexibility index (Phi) is 9.70. The summed E-state index contributed by atoms with van der Waals surface area (Å²) in [5, 5.41) is 2.32. The topological polar surface area (TPSA) is 35.9 Å². The second-order valence-corrected chi connectivity index (χ2v) is 16.5. The molecule has 0 aliphatic rings. The van der Waals surface area contributed by atoms with E-state index in [1.807, 2.05) is 12.3 Å². The lowest BCUT2D eigenvalue weighted by Crippen LogP contribution is -2.31. The van der Waals surface area contributed by atoms with Crippen LogP contribution in [0.2, 0.25) is 0 Å². The molecule has 0 aliphatic carbocycles. The van der Waals surface area contributed by atoms with Crippen molar-refractivity contribution in [3.05, 3.63) is 224 Å². The van der Waals surface area contributed by atoms with Crippen LogP contribution in [0.5, 0.6) is 11.5 Å². The summed E-state index contributed by atoms with van der Waals surface area (Å²) in [5.41, 5.74) is 14.4. The fourth-order valence-corrected chi connectivity index (χ4v) is 9.08. The summed E-state index contributed by atoms with van der Waals surface area (Å²) in [5.74, 6) is 2.85. The molecule has 0 atom stereocenters. The summed E-state index contributed by atoms with van der Waals surface area (Å²) in [6.07, 6.45) is 6.79. The van der Waals surface area contributed by atoms with Crippen LogP contribution >= 0.6 is 0 Å². The number of fused-ring (bicyclic) bond motifs is 4. The second-order valence-electron chi connectivity index (χ2n) is 16.5. The third-order valence-corrected chi connectivity index (χ3v) is 11.9. The molecule has 0 fully saturated rings. The average Bonchev–Trinajstić information content (AvgIpc) is 3.88. The maximum atomic E-state index is 6.78. The number of nitrogens with zero attached hydrogens (tertiary/aromatic N) is 4. The molecule has 0 saturated carbocycles. The van der Waals surface area contributed by atoms with E-state index in [4.69, 9.17) is 9.72 Å². The molecular weight excluding hydrogens is 769 g/mol. The van der Waals surface area contributed by atoms with Crippen LogP contribution in [0.3, 0.4) is 0 Å².